The van der Waals surface area contributed by atoms with Gasteiger partial charge in [-0.25, -0.2) is 9.59 Å². The van der Waals surface area contributed by atoms with Gasteiger partial charge in [0.05, 0.1) is 18.1 Å². The molecule has 0 aromatic heterocycles. The van der Waals surface area contributed by atoms with Crippen molar-refractivity contribution < 1.29 is 33.7 Å². The minimum atomic E-state index is -0.788. The van der Waals surface area contributed by atoms with E-state index in [1.54, 1.807) is 0 Å². The largest absolute Gasteiger partial charge is 0.461 e. The van der Waals surface area contributed by atoms with Crippen LogP contribution in [-0.4, -0.2) is 48.4 Å². The molecule has 0 spiro atoms. The SMILES string of the molecule is C=C(CO)C(=O)O[C@H]1C/C(COC(C)=O)=C\CC/C(C)=C/[C@H]2OC(=O)C(=C)[C@H]12. The number of hydrogen-bond acceptors (Lipinski definition) is 7. The Balaban J connectivity index is 2.38. The molecule has 3 atom stereocenters. The Morgan fingerprint density at radius 1 is 1.39 bits per heavy atom. The summed E-state index contributed by atoms with van der Waals surface area (Å²) in [6.45, 7) is 10.1. The van der Waals surface area contributed by atoms with Crippen LogP contribution in [0.15, 0.2) is 47.6 Å². The van der Waals surface area contributed by atoms with E-state index in [1.807, 2.05) is 19.1 Å². The molecular weight excluding hydrogens is 364 g/mol. The first-order chi connectivity index (χ1) is 13.2. The number of aliphatic hydroxyl groups is 1. The molecule has 0 amide bonds. The topological polar surface area (TPSA) is 99.1 Å². The zero-order valence-corrected chi connectivity index (χ0v) is 16.2. The van der Waals surface area contributed by atoms with Gasteiger partial charge in [0, 0.05) is 18.9 Å². The second kappa shape index (κ2) is 9.50. The smallest absolute Gasteiger partial charge is 0.336 e. The van der Waals surface area contributed by atoms with Crippen molar-refractivity contribution in [1.29, 1.82) is 0 Å². The van der Waals surface area contributed by atoms with E-state index in [-0.39, 0.29) is 24.2 Å². The van der Waals surface area contributed by atoms with Gasteiger partial charge in [0.2, 0.25) is 0 Å². The van der Waals surface area contributed by atoms with E-state index in [0.717, 1.165) is 17.6 Å². The van der Waals surface area contributed by atoms with Crippen molar-refractivity contribution in [3.05, 3.63) is 47.6 Å². The summed E-state index contributed by atoms with van der Waals surface area (Å²) in [7, 11) is 0. The van der Waals surface area contributed by atoms with Crippen molar-refractivity contribution in [3.63, 3.8) is 0 Å². The average Bonchev–Trinajstić information content (AvgIpc) is 2.91. The Kier molecular flexibility index (Phi) is 7.34. The van der Waals surface area contributed by atoms with Crippen LogP contribution in [0.2, 0.25) is 0 Å². The lowest BCUT2D eigenvalue weighted by Gasteiger charge is -2.28. The number of fused-ring (bicyclic) bond motifs is 1. The molecule has 0 bridgehead atoms. The summed E-state index contributed by atoms with van der Waals surface area (Å²) in [5, 5.41) is 9.16. The van der Waals surface area contributed by atoms with Gasteiger partial charge in [0.1, 0.15) is 18.8 Å². The molecule has 2 aliphatic rings. The molecule has 0 aromatic rings. The molecule has 1 heterocycles. The predicted molar refractivity (Wildman–Crippen MR) is 101 cm³/mol. The minimum absolute atomic E-state index is 0.0613. The number of aliphatic hydroxyl groups excluding tert-OH is 1. The van der Waals surface area contributed by atoms with Gasteiger partial charge in [0.15, 0.2) is 0 Å². The molecule has 7 nitrogen and oxygen atoms in total. The molecule has 1 aliphatic carbocycles. The van der Waals surface area contributed by atoms with Crippen LogP contribution in [0.1, 0.15) is 33.1 Å². The Morgan fingerprint density at radius 3 is 2.75 bits per heavy atom. The number of carbonyl (C=O) groups is 3. The molecule has 7 heteroatoms. The molecule has 1 fully saturated rings. The average molecular weight is 390 g/mol. The second-order valence-electron chi connectivity index (χ2n) is 7.02. The van der Waals surface area contributed by atoms with E-state index in [9.17, 15) is 14.4 Å². The van der Waals surface area contributed by atoms with Gasteiger partial charge >= 0.3 is 17.9 Å². The fourth-order valence-electron chi connectivity index (χ4n) is 3.23. The van der Waals surface area contributed by atoms with Gasteiger partial charge in [-0.3, -0.25) is 4.79 Å². The maximum Gasteiger partial charge on any atom is 0.336 e. The van der Waals surface area contributed by atoms with Crippen molar-refractivity contribution in [3.8, 4) is 0 Å². The first kappa shape index (κ1) is 21.6. The van der Waals surface area contributed by atoms with Crippen LogP contribution in [-0.2, 0) is 28.6 Å². The number of allylic oxidation sites excluding steroid dienone is 2. The number of rotatable bonds is 5. The number of hydrogen-bond donors (Lipinski definition) is 1. The van der Waals surface area contributed by atoms with E-state index in [0.29, 0.717) is 6.42 Å². The summed E-state index contributed by atoms with van der Waals surface area (Å²) in [6, 6.07) is 0. The minimum Gasteiger partial charge on any atom is -0.461 e. The monoisotopic (exact) mass is 390 g/mol. The molecule has 28 heavy (non-hydrogen) atoms. The van der Waals surface area contributed by atoms with Crippen LogP contribution in [0, 0.1) is 5.92 Å². The van der Waals surface area contributed by atoms with Crippen molar-refractivity contribution in [2.24, 2.45) is 5.92 Å². The summed E-state index contributed by atoms with van der Waals surface area (Å²) in [5.74, 6) is -2.30. The Morgan fingerprint density at radius 2 is 2.11 bits per heavy atom. The lowest BCUT2D eigenvalue weighted by atomic mass is 9.85. The number of carbonyl (C=O) groups excluding carboxylic acids is 3. The van der Waals surface area contributed by atoms with Crippen LogP contribution in [0.3, 0.4) is 0 Å². The van der Waals surface area contributed by atoms with Crippen molar-refractivity contribution in [2.45, 2.75) is 45.3 Å². The third-order valence-corrected chi connectivity index (χ3v) is 4.74. The molecule has 1 aliphatic heterocycles. The molecule has 0 unspecified atom stereocenters. The normalized spacial score (nSPS) is 28.8. The van der Waals surface area contributed by atoms with Gasteiger partial charge in [-0.05, 0) is 31.4 Å². The number of esters is 3. The summed E-state index contributed by atoms with van der Waals surface area (Å²) in [4.78, 5) is 35.6. The highest BCUT2D eigenvalue weighted by Crippen LogP contribution is 2.36. The Bertz CT molecular complexity index is 744. The summed E-state index contributed by atoms with van der Waals surface area (Å²) in [6.07, 6.45) is 4.10. The maximum atomic E-state index is 12.3. The molecular formula is C21H26O7. The molecule has 0 saturated carbocycles. The molecule has 0 radical (unpaired) electrons. The zero-order chi connectivity index (χ0) is 20.8. The van der Waals surface area contributed by atoms with Crippen LogP contribution >= 0.6 is 0 Å². The van der Waals surface area contributed by atoms with Gasteiger partial charge in [-0.1, -0.05) is 24.8 Å². The number of ether oxygens (including phenoxy) is 3. The van der Waals surface area contributed by atoms with E-state index >= 15 is 0 Å². The van der Waals surface area contributed by atoms with Crippen molar-refractivity contribution in [1.82, 2.24) is 0 Å². The standard InChI is InChI=1S/C21H26O7/c1-12-6-5-7-16(11-26-15(4)23)9-18(27-20(24)13(2)10-22)19-14(3)21(25)28-17(19)8-12/h7-8,17-19,22H,2-3,5-6,9-11H2,1,4H3/b12-8+,16-7+/t17-,18+,19+/m1/s1. The fourth-order valence-corrected chi connectivity index (χ4v) is 3.23. The first-order valence-corrected chi connectivity index (χ1v) is 9.10. The zero-order valence-electron chi connectivity index (χ0n) is 16.2. The summed E-state index contributed by atoms with van der Waals surface area (Å²) >= 11 is 0. The molecule has 2 rings (SSSR count). The van der Waals surface area contributed by atoms with Crippen LogP contribution in [0.4, 0.5) is 0 Å². The Hall–Kier alpha value is -2.67. The highest BCUT2D eigenvalue weighted by molar-refractivity contribution is 5.92. The fraction of sp³-hybridized carbons (Fsp3) is 0.476. The van der Waals surface area contributed by atoms with Crippen molar-refractivity contribution >= 4 is 17.9 Å². The quantitative estimate of drug-likeness (QED) is 0.332. The lowest BCUT2D eigenvalue weighted by Crippen LogP contribution is -2.34. The Labute approximate surface area is 164 Å². The maximum absolute atomic E-state index is 12.3. The summed E-state index contributed by atoms with van der Waals surface area (Å²) in [5.41, 5.74) is 1.91. The van der Waals surface area contributed by atoms with Gasteiger partial charge < -0.3 is 19.3 Å². The molecule has 1 saturated heterocycles. The van der Waals surface area contributed by atoms with Crippen LogP contribution in [0.5, 0.6) is 0 Å². The van der Waals surface area contributed by atoms with Gasteiger partial charge in [-0.2, -0.15) is 0 Å². The van der Waals surface area contributed by atoms with E-state index in [2.05, 4.69) is 13.2 Å². The second-order valence-corrected chi connectivity index (χ2v) is 7.02. The predicted octanol–water partition coefficient (Wildman–Crippen LogP) is 2.16. The molecule has 0 aromatic carbocycles. The van der Waals surface area contributed by atoms with Crippen LogP contribution in [0.25, 0.3) is 0 Å². The highest BCUT2D eigenvalue weighted by Gasteiger charge is 2.44. The molecule has 152 valence electrons. The first-order valence-electron chi connectivity index (χ1n) is 9.10. The lowest BCUT2D eigenvalue weighted by molar-refractivity contribution is -0.148. The highest BCUT2D eigenvalue weighted by atomic mass is 16.6. The van der Waals surface area contributed by atoms with Crippen LogP contribution < -0.4 is 0 Å². The third-order valence-electron chi connectivity index (χ3n) is 4.74. The van der Waals surface area contributed by atoms with Gasteiger partial charge in [-0.15, -0.1) is 0 Å². The van der Waals surface area contributed by atoms with E-state index < -0.39 is 42.6 Å². The van der Waals surface area contributed by atoms with Gasteiger partial charge in [0.25, 0.3) is 0 Å². The van der Waals surface area contributed by atoms with E-state index in [4.69, 9.17) is 19.3 Å². The molecule has 1 N–H and O–H groups in total. The summed E-state index contributed by atoms with van der Waals surface area (Å²) < 4.78 is 16.1. The van der Waals surface area contributed by atoms with E-state index in [1.165, 1.54) is 6.92 Å². The van der Waals surface area contributed by atoms with Crippen molar-refractivity contribution in [2.75, 3.05) is 13.2 Å². The third kappa shape index (κ3) is 5.42.